The maximum atomic E-state index is 13.6. The SMILES string of the molecule is CN(C)c1nc2nc(C3CCOC(c4ccc(=O)n(C)c4)C3)nc(C34CC(C(F)(F)F)(C3)C4)c2n1C. The summed E-state index contributed by atoms with van der Waals surface area (Å²) in [4.78, 5) is 28.2. The van der Waals surface area contributed by atoms with Crippen molar-refractivity contribution in [2.24, 2.45) is 19.5 Å². The van der Waals surface area contributed by atoms with Gasteiger partial charge in [0.2, 0.25) is 11.5 Å². The van der Waals surface area contributed by atoms with Gasteiger partial charge in [0.15, 0.2) is 5.65 Å². The first-order valence-electron chi connectivity index (χ1n) is 12.2. The molecule has 3 aliphatic carbocycles. The van der Waals surface area contributed by atoms with Crippen molar-refractivity contribution in [3.05, 3.63) is 45.8 Å². The Kier molecular flexibility index (Phi) is 4.91. The Hall–Kier alpha value is -2.95. The zero-order valence-corrected chi connectivity index (χ0v) is 20.8. The van der Waals surface area contributed by atoms with Gasteiger partial charge in [-0.05, 0) is 43.7 Å². The van der Waals surface area contributed by atoms with E-state index in [4.69, 9.17) is 19.7 Å². The number of hydrogen-bond acceptors (Lipinski definition) is 6. The van der Waals surface area contributed by atoms with E-state index in [1.54, 1.807) is 19.3 Å². The van der Waals surface area contributed by atoms with Gasteiger partial charge in [-0.2, -0.15) is 18.2 Å². The molecule has 11 heteroatoms. The Morgan fingerprint density at radius 1 is 1.11 bits per heavy atom. The monoisotopic (exact) mass is 502 g/mol. The summed E-state index contributed by atoms with van der Waals surface area (Å²) in [6.07, 6.45) is -1.07. The first kappa shape index (κ1) is 23.4. The lowest BCUT2D eigenvalue weighted by Crippen LogP contribution is -2.70. The molecule has 192 valence electrons. The third-order valence-electron chi connectivity index (χ3n) is 8.39. The van der Waals surface area contributed by atoms with Crippen LogP contribution >= 0.6 is 0 Å². The van der Waals surface area contributed by atoms with E-state index >= 15 is 0 Å². The smallest absolute Gasteiger partial charge is 0.373 e. The van der Waals surface area contributed by atoms with Crippen molar-refractivity contribution in [3.63, 3.8) is 0 Å². The molecule has 7 rings (SSSR count). The number of anilines is 1. The number of halogens is 3. The Bertz CT molecular complexity index is 1410. The average molecular weight is 503 g/mol. The lowest BCUT2D eigenvalue weighted by molar-refractivity contribution is -0.337. The minimum absolute atomic E-state index is 0.0297. The molecule has 36 heavy (non-hydrogen) atoms. The van der Waals surface area contributed by atoms with Crippen LogP contribution in [0.5, 0.6) is 0 Å². The summed E-state index contributed by atoms with van der Waals surface area (Å²) in [5, 5.41) is 0. The molecule has 3 aromatic heterocycles. The van der Waals surface area contributed by atoms with Crippen LogP contribution in [0.3, 0.4) is 0 Å². The maximum absolute atomic E-state index is 13.6. The second-order valence-corrected chi connectivity index (χ2v) is 11.0. The molecule has 4 heterocycles. The molecule has 0 spiro atoms. The number of nitrogens with zero attached hydrogens (tertiary/aromatic N) is 6. The molecule has 4 aliphatic rings. The first-order chi connectivity index (χ1) is 16.9. The van der Waals surface area contributed by atoms with Crippen LogP contribution in [-0.4, -0.2) is 51.0 Å². The summed E-state index contributed by atoms with van der Waals surface area (Å²) in [6.45, 7) is 0.502. The third kappa shape index (κ3) is 3.24. The van der Waals surface area contributed by atoms with E-state index in [0.29, 0.717) is 42.6 Å². The number of ether oxygens (including phenoxy) is 1. The minimum atomic E-state index is -4.19. The van der Waals surface area contributed by atoms with Crippen molar-refractivity contribution < 1.29 is 17.9 Å². The number of fused-ring (bicyclic) bond motifs is 1. The number of pyridine rings is 1. The van der Waals surface area contributed by atoms with E-state index in [1.165, 1.54) is 10.6 Å². The molecule has 4 fully saturated rings. The second-order valence-electron chi connectivity index (χ2n) is 11.0. The van der Waals surface area contributed by atoms with Crippen LogP contribution in [0.2, 0.25) is 0 Å². The Balaban J connectivity index is 1.40. The molecule has 0 amide bonds. The number of hydrogen-bond donors (Lipinski definition) is 0. The van der Waals surface area contributed by atoms with Gasteiger partial charge >= 0.3 is 6.18 Å². The highest BCUT2D eigenvalue weighted by atomic mass is 19.4. The summed E-state index contributed by atoms with van der Waals surface area (Å²) < 4.78 is 50.4. The van der Waals surface area contributed by atoms with Gasteiger partial charge < -0.3 is 18.8 Å². The third-order valence-corrected chi connectivity index (χ3v) is 8.39. The molecule has 8 nitrogen and oxygen atoms in total. The highest BCUT2D eigenvalue weighted by Gasteiger charge is 2.79. The van der Waals surface area contributed by atoms with Gasteiger partial charge in [0.05, 0.1) is 17.2 Å². The van der Waals surface area contributed by atoms with Gasteiger partial charge in [-0.3, -0.25) is 4.79 Å². The number of imidazole rings is 1. The molecular weight excluding hydrogens is 473 g/mol. The number of aromatic nitrogens is 5. The Labute approximate surface area is 206 Å². The fraction of sp³-hybridized carbons (Fsp3) is 0.600. The largest absolute Gasteiger partial charge is 0.394 e. The number of alkyl halides is 3. The van der Waals surface area contributed by atoms with Crippen LogP contribution in [-0.2, 0) is 24.2 Å². The van der Waals surface area contributed by atoms with E-state index in [0.717, 1.165) is 11.1 Å². The average Bonchev–Trinajstić information content (AvgIpc) is 3.09. The molecule has 0 aromatic carbocycles. The highest BCUT2D eigenvalue weighted by Crippen LogP contribution is 2.78. The van der Waals surface area contributed by atoms with Crippen LogP contribution in [0.1, 0.15) is 61.2 Å². The van der Waals surface area contributed by atoms with Crippen LogP contribution in [0, 0.1) is 5.41 Å². The zero-order chi connectivity index (χ0) is 25.6. The summed E-state index contributed by atoms with van der Waals surface area (Å²) in [5.41, 5.74) is 0.610. The van der Waals surface area contributed by atoms with Gasteiger partial charge in [-0.15, -0.1) is 0 Å². The Morgan fingerprint density at radius 3 is 2.47 bits per heavy atom. The van der Waals surface area contributed by atoms with Crippen LogP contribution in [0.15, 0.2) is 23.1 Å². The minimum Gasteiger partial charge on any atom is -0.373 e. The van der Waals surface area contributed by atoms with Crippen molar-refractivity contribution in [1.82, 2.24) is 24.1 Å². The topological polar surface area (TPSA) is 78.1 Å². The molecule has 2 atom stereocenters. The summed E-state index contributed by atoms with van der Waals surface area (Å²) in [6, 6.07) is 3.31. The van der Waals surface area contributed by atoms with Crippen LogP contribution in [0.25, 0.3) is 11.2 Å². The molecule has 0 N–H and O–H groups in total. The fourth-order valence-electron chi connectivity index (χ4n) is 6.48. The molecule has 1 saturated heterocycles. The van der Waals surface area contributed by atoms with Gasteiger partial charge in [-0.25, -0.2) is 9.97 Å². The molecule has 1 aliphatic heterocycles. The van der Waals surface area contributed by atoms with Crippen LogP contribution in [0.4, 0.5) is 19.1 Å². The number of aryl methyl sites for hydroxylation is 2. The predicted octanol–water partition coefficient (Wildman–Crippen LogP) is 3.75. The highest BCUT2D eigenvalue weighted by molar-refractivity contribution is 5.79. The summed E-state index contributed by atoms with van der Waals surface area (Å²) in [5.74, 6) is 1.27. The van der Waals surface area contributed by atoms with Crippen molar-refractivity contribution in [2.45, 2.75) is 55.7 Å². The molecule has 2 bridgehead atoms. The zero-order valence-electron chi connectivity index (χ0n) is 20.8. The van der Waals surface area contributed by atoms with Crippen molar-refractivity contribution >= 4 is 17.1 Å². The van der Waals surface area contributed by atoms with Crippen molar-refractivity contribution in [2.75, 3.05) is 25.6 Å². The van der Waals surface area contributed by atoms with Crippen molar-refractivity contribution in [1.29, 1.82) is 0 Å². The van der Waals surface area contributed by atoms with Gasteiger partial charge in [0.1, 0.15) is 11.3 Å². The standard InChI is InChI=1S/C25H29F3N6O2/c1-32(2)22-31-21-18(34(22)4)19(23-11-24(12-23,13-23)25(26,27)28)29-20(30-21)14-7-8-36-16(9-14)15-5-6-17(35)33(3)10-15/h5-6,10,14,16H,7-9,11-13H2,1-4H3. The quantitative estimate of drug-likeness (QED) is 0.541. The van der Waals surface area contributed by atoms with E-state index in [9.17, 15) is 18.0 Å². The normalized spacial score (nSPS) is 29.6. The Morgan fingerprint density at radius 2 is 1.83 bits per heavy atom. The lowest BCUT2D eigenvalue weighted by atomic mass is 9.34. The molecule has 3 aromatic rings. The van der Waals surface area contributed by atoms with Crippen LogP contribution < -0.4 is 10.5 Å². The van der Waals surface area contributed by atoms with E-state index in [-0.39, 0.29) is 36.8 Å². The molecule has 0 radical (unpaired) electrons. The van der Waals surface area contributed by atoms with E-state index in [2.05, 4.69) is 0 Å². The molecular formula is C25H29F3N6O2. The summed E-state index contributed by atoms with van der Waals surface area (Å²) in [7, 11) is 7.33. The maximum Gasteiger partial charge on any atom is 0.394 e. The number of rotatable bonds is 4. The first-order valence-corrected chi connectivity index (χ1v) is 12.2. The van der Waals surface area contributed by atoms with Gasteiger partial charge in [0.25, 0.3) is 0 Å². The van der Waals surface area contributed by atoms with E-state index < -0.39 is 17.0 Å². The molecule has 2 unspecified atom stereocenters. The fourth-order valence-corrected chi connectivity index (χ4v) is 6.48. The predicted molar refractivity (Wildman–Crippen MR) is 127 cm³/mol. The second kappa shape index (κ2) is 7.53. The van der Waals surface area contributed by atoms with E-state index in [1.807, 2.05) is 30.6 Å². The van der Waals surface area contributed by atoms with Gasteiger partial charge in [-0.1, -0.05) is 0 Å². The summed E-state index contributed by atoms with van der Waals surface area (Å²) >= 11 is 0. The lowest BCUT2D eigenvalue weighted by Gasteiger charge is -2.70. The molecule has 3 saturated carbocycles. The van der Waals surface area contributed by atoms with Crippen molar-refractivity contribution in [3.8, 4) is 0 Å². The van der Waals surface area contributed by atoms with Gasteiger partial charge in [0, 0.05) is 58.4 Å².